The van der Waals surface area contributed by atoms with Crippen LogP contribution >= 0.6 is 0 Å². The predicted molar refractivity (Wildman–Crippen MR) is 79.8 cm³/mol. The van der Waals surface area contributed by atoms with Crippen molar-refractivity contribution in [3.8, 4) is 0 Å². The van der Waals surface area contributed by atoms with Crippen LogP contribution in [0.1, 0.15) is 22.3 Å². The molecule has 2 amide bonds. The number of carboxylic acid groups (broad SMARTS) is 1. The van der Waals surface area contributed by atoms with Gasteiger partial charge >= 0.3 is 5.97 Å². The van der Waals surface area contributed by atoms with Crippen LogP contribution in [-0.4, -0.2) is 65.0 Å². The van der Waals surface area contributed by atoms with Crippen LogP contribution in [0, 0.1) is 0 Å². The van der Waals surface area contributed by atoms with Gasteiger partial charge in [-0.2, -0.15) is 0 Å². The van der Waals surface area contributed by atoms with Crippen molar-refractivity contribution in [1.29, 1.82) is 0 Å². The smallest absolute Gasteiger partial charge is 0.305 e. The molecule has 3 rings (SSSR count). The summed E-state index contributed by atoms with van der Waals surface area (Å²) in [6.07, 6.45) is -0.153. The van der Waals surface area contributed by atoms with Crippen LogP contribution < -0.4 is 0 Å². The number of aliphatic carboxylic acids is 1. The van der Waals surface area contributed by atoms with Gasteiger partial charge in [0.25, 0.3) is 5.91 Å². The number of hydrogen-bond donors (Lipinski definition) is 1. The molecule has 1 fully saturated rings. The van der Waals surface area contributed by atoms with Crippen LogP contribution in [0.3, 0.4) is 0 Å². The minimum absolute atomic E-state index is 0.0381. The zero-order valence-corrected chi connectivity index (χ0v) is 12.6. The molecular weight excluding hydrogens is 300 g/mol. The third-order valence-electron chi connectivity index (χ3n) is 4.18. The van der Waals surface area contributed by atoms with E-state index in [0.717, 1.165) is 5.56 Å². The number of amides is 2. The highest BCUT2D eigenvalue weighted by Gasteiger charge is 2.33. The summed E-state index contributed by atoms with van der Waals surface area (Å²) in [6.45, 7) is 1.33. The number of carbonyl (C=O) groups is 3. The molecule has 2 aliphatic rings. The number of morpholine rings is 1. The van der Waals surface area contributed by atoms with Gasteiger partial charge in [0.05, 0.1) is 25.7 Å². The molecule has 7 heteroatoms. The first kappa shape index (κ1) is 15.5. The number of carbonyl (C=O) groups excluding carboxylic acids is 2. The zero-order valence-electron chi connectivity index (χ0n) is 12.6. The average molecular weight is 318 g/mol. The van der Waals surface area contributed by atoms with Gasteiger partial charge in [0.1, 0.15) is 6.54 Å². The van der Waals surface area contributed by atoms with Gasteiger partial charge < -0.3 is 19.6 Å². The van der Waals surface area contributed by atoms with Crippen LogP contribution in [0.5, 0.6) is 0 Å². The summed E-state index contributed by atoms with van der Waals surface area (Å²) >= 11 is 0. The monoisotopic (exact) mass is 318 g/mol. The van der Waals surface area contributed by atoms with E-state index in [4.69, 9.17) is 9.84 Å². The van der Waals surface area contributed by atoms with Crippen molar-refractivity contribution in [3.05, 3.63) is 35.4 Å². The SMILES string of the molecule is O=C(O)CC1COCCN1C(=O)CN1Cc2ccccc2C1=O. The maximum atomic E-state index is 12.5. The van der Waals surface area contributed by atoms with Crippen molar-refractivity contribution >= 4 is 17.8 Å². The van der Waals surface area contributed by atoms with Gasteiger partial charge in [-0.3, -0.25) is 14.4 Å². The number of benzene rings is 1. The third-order valence-corrected chi connectivity index (χ3v) is 4.18. The Morgan fingerprint density at radius 3 is 2.83 bits per heavy atom. The van der Waals surface area contributed by atoms with Crippen molar-refractivity contribution in [1.82, 2.24) is 9.80 Å². The summed E-state index contributed by atoms with van der Waals surface area (Å²) in [4.78, 5) is 38.8. The number of hydrogen-bond acceptors (Lipinski definition) is 4. The molecule has 23 heavy (non-hydrogen) atoms. The third kappa shape index (κ3) is 3.19. The molecule has 1 atom stereocenters. The fourth-order valence-corrected chi connectivity index (χ4v) is 3.05. The molecule has 1 saturated heterocycles. The Labute approximate surface area is 133 Å². The number of carboxylic acids is 1. The normalized spacial score (nSPS) is 20.5. The van der Waals surface area contributed by atoms with E-state index < -0.39 is 12.0 Å². The topological polar surface area (TPSA) is 87.2 Å². The molecule has 1 unspecified atom stereocenters. The summed E-state index contributed by atoms with van der Waals surface area (Å²) in [6, 6.07) is 6.81. The Balaban J connectivity index is 1.67. The van der Waals surface area contributed by atoms with Crippen LogP contribution in [0.4, 0.5) is 0 Å². The van der Waals surface area contributed by atoms with E-state index in [1.165, 1.54) is 9.80 Å². The maximum Gasteiger partial charge on any atom is 0.305 e. The van der Waals surface area contributed by atoms with Gasteiger partial charge in [-0.1, -0.05) is 18.2 Å². The highest BCUT2D eigenvalue weighted by Crippen LogP contribution is 2.22. The Hall–Kier alpha value is -2.41. The molecule has 0 spiro atoms. The quantitative estimate of drug-likeness (QED) is 0.865. The van der Waals surface area contributed by atoms with E-state index >= 15 is 0 Å². The van der Waals surface area contributed by atoms with E-state index in [9.17, 15) is 14.4 Å². The molecule has 2 aliphatic heterocycles. The Bertz CT molecular complexity index is 645. The zero-order chi connectivity index (χ0) is 16.4. The largest absolute Gasteiger partial charge is 0.481 e. The lowest BCUT2D eigenvalue weighted by Gasteiger charge is -2.35. The standard InChI is InChI=1S/C16H18N2O5/c19-14(18-5-6-23-10-12(18)7-15(20)21)9-17-8-11-3-1-2-4-13(11)16(17)22/h1-4,12H,5-10H2,(H,20,21). The van der Waals surface area contributed by atoms with Crippen molar-refractivity contribution < 1.29 is 24.2 Å². The summed E-state index contributed by atoms with van der Waals surface area (Å²) < 4.78 is 5.27. The summed E-state index contributed by atoms with van der Waals surface area (Å²) in [5.41, 5.74) is 1.54. The fraction of sp³-hybridized carbons (Fsp3) is 0.438. The van der Waals surface area contributed by atoms with Gasteiger partial charge in [-0.15, -0.1) is 0 Å². The predicted octanol–water partition coefficient (Wildman–Crippen LogP) is 0.344. The number of ether oxygens (including phenoxy) is 1. The summed E-state index contributed by atoms with van der Waals surface area (Å²) in [5.74, 6) is -1.36. The first-order valence-electron chi connectivity index (χ1n) is 7.52. The second kappa shape index (κ2) is 6.37. The van der Waals surface area contributed by atoms with Crippen molar-refractivity contribution in [2.24, 2.45) is 0 Å². The number of rotatable bonds is 4. The van der Waals surface area contributed by atoms with Gasteiger partial charge in [-0.25, -0.2) is 0 Å². The number of nitrogens with zero attached hydrogens (tertiary/aromatic N) is 2. The van der Waals surface area contributed by atoms with Gasteiger partial charge in [0.15, 0.2) is 0 Å². The Morgan fingerprint density at radius 2 is 2.09 bits per heavy atom. The molecule has 0 radical (unpaired) electrons. The van der Waals surface area contributed by atoms with Crippen LogP contribution in [-0.2, 0) is 20.9 Å². The lowest BCUT2D eigenvalue weighted by Crippen LogP contribution is -2.52. The molecule has 0 saturated carbocycles. The van der Waals surface area contributed by atoms with Crippen LogP contribution in [0.15, 0.2) is 24.3 Å². The highest BCUT2D eigenvalue weighted by atomic mass is 16.5. The highest BCUT2D eigenvalue weighted by molar-refractivity contribution is 6.00. The average Bonchev–Trinajstić information content (AvgIpc) is 2.84. The lowest BCUT2D eigenvalue weighted by molar-refractivity contribution is -0.146. The first-order valence-corrected chi connectivity index (χ1v) is 7.52. The van der Waals surface area contributed by atoms with Crippen molar-refractivity contribution in [2.45, 2.75) is 19.0 Å². The molecule has 0 aliphatic carbocycles. The Morgan fingerprint density at radius 1 is 1.30 bits per heavy atom. The minimum atomic E-state index is -0.969. The van der Waals surface area contributed by atoms with Crippen LogP contribution in [0.2, 0.25) is 0 Å². The van der Waals surface area contributed by atoms with Gasteiger partial charge in [0.2, 0.25) is 5.91 Å². The lowest BCUT2D eigenvalue weighted by atomic mass is 10.1. The van der Waals surface area contributed by atoms with E-state index in [0.29, 0.717) is 25.3 Å². The molecule has 2 heterocycles. The van der Waals surface area contributed by atoms with Crippen molar-refractivity contribution in [2.75, 3.05) is 26.3 Å². The van der Waals surface area contributed by atoms with E-state index in [-0.39, 0.29) is 31.4 Å². The number of fused-ring (bicyclic) bond motifs is 1. The fourth-order valence-electron chi connectivity index (χ4n) is 3.05. The Kier molecular flexibility index (Phi) is 4.29. The molecule has 0 bridgehead atoms. The summed E-state index contributed by atoms with van der Waals surface area (Å²) in [5, 5.41) is 8.95. The molecule has 122 valence electrons. The van der Waals surface area contributed by atoms with E-state index in [2.05, 4.69) is 0 Å². The molecule has 0 aromatic heterocycles. The van der Waals surface area contributed by atoms with Crippen LogP contribution in [0.25, 0.3) is 0 Å². The summed E-state index contributed by atoms with van der Waals surface area (Å²) in [7, 11) is 0. The van der Waals surface area contributed by atoms with Gasteiger partial charge in [-0.05, 0) is 11.6 Å². The first-order chi connectivity index (χ1) is 11.1. The van der Waals surface area contributed by atoms with E-state index in [1.54, 1.807) is 12.1 Å². The second-order valence-electron chi connectivity index (χ2n) is 5.73. The van der Waals surface area contributed by atoms with Crippen molar-refractivity contribution in [3.63, 3.8) is 0 Å². The molecule has 1 N–H and O–H groups in total. The van der Waals surface area contributed by atoms with Gasteiger partial charge in [0, 0.05) is 18.7 Å². The molecule has 1 aromatic rings. The second-order valence-corrected chi connectivity index (χ2v) is 5.73. The maximum absolute atomic E-state index is 12.5. The molecular formula is C16H18N2O5. The minimum Gasteiger partial charge on any atom is -0.481 e. The van der Waals surface area contributed by atoms with E-state index in [1.807, 2.05) is 12.1 Å². The molecule has 7 nitrogen and oxygen atoms in total. The molecule has 1 aromatic carbocycles.